The fourth-order valence-electron chi connectivity index (χ4n) is 1.77. The summed E-state index contributed by atoms with van der Waals surface area (Å²) in [6.07, 6.45) is 1.53. The molecule has 0 radical (unpaired) electrons. The first kappa shape index (κ1) is 16.7. The zero-order valence-corrected chi connectivity index (χ0v) is 12.0. The maximum Gasteiger partial charge on any atom is 0.326 e. The van der Waals surface area contributed by atoms with E-state index in [1.165, 1.54) is 0 Å². The second kappa shape index (κ2) is 7.95. The molecule has 106 valence electrons. The van der Waals surface area contributed by atoms with E-state index in [1.54, 1.807) is 0 Å². The van der Waals surface area contributed by atoms with Gasteiger partial charge in [0.05, 0.1) is 0 Å². The monoisotopic (exact) mass is 258 g/mol. The van der Waals surface area contributed by atoms with Crippen LogP contribution in [0.1, 0.15) is 47.5 Å². The van der Waals surface area contributed by atoms with Gasteiger partial charge in [0.2, 0.25) is 0 Å². The zero-order chi connectivity index (χ0) is 14.3. The van der Waals surface area contributed by atoms with Gasteiger partial charge in [-0.3, -0.25) is 0 Å². The molecule has 2 unspecified atom stereocenters. The summed E-state index contributed by atoms with van der Waals surface area (Å²) in [7, 11) is 0. The van der Waals surface area contributed by atoms with Crippen LogP contribution in [0.3, 0.4) is 0 Å². The van der Waals surface area contributed by atoms with E-state index < -0.39 is 18.0 Å². The molecule has 18 heavy (non-hydrogen) atoms. The van der Waals surface area contributed by atoms with Crippen LogP contribution < -0.4 is 10.6 Å². The van der Waals surface area contributed by atoms with Crippen molar-refractivity contribution in [2.75, 3.05) is 0 Å². The molecule has 5 nitrogen and oxygen atoms in total. The molecule has 0 aliphatic rings. The standard InChI is InChI=1S/C13H26N2O3/c1-6-9(5)11(12(16)17)15-13(18)14-10(7-2)8(3)4/h8-11H,6-7H2,1-5H3,(H,16,17)(H2,14,15,18)/t9?,10?,11-/m0/s1. The van der Waals surface area contributed by atoms with E-state index in [4.69, 9.17) is 5.11 Å². The molecule has 5 heteroatoms. The van der Waals surface area contributed by atoms with Crippen molar-refractivity contribution in [2.45, 2.75) is 59.5 Å². The predicted octanol–water partition coefficient (Wildman–Crippen LogP) is 2.22. The quantitative estimate of drug-likeness (QED) is 0.655. The highest BCUT2D eigenvalue weighted by Gasteiger charge is 2.26. The van der Waals surface area contributed by atoms with Gasteiger partial charge in [-0.25, -0.2) is 9.59 Å². The van der Waals surface area contributed by atoms with Gasteiger partial charge in [-0.15, -0.1) is 0 Å². The van der Waals surface area contributed by atoms with Gasteiger partial charge >= 0.3 is 12.0 Å². The molecule has 0 aromatic rings. The van der Waals surface area contributed by atoms with Crippen LogP contribution in [0.4, 0.5) is 4.79 Å². The van der Waals surface area contributed by atoms with Crippen LogP contribution in [0.15, 0.2) is 0 Å². The van der Waals surface area contributed by atoms with Crippen molar-refractivity contribution in [3.05, 3.63) is 0 Å². The number of aliphatic carboxylic acids is 1. The Morgan fingerprint density at radius 1 is 1.06 bits per heavy atom. The summed E-state index contributed by atoms with van der Waals surface area (Å²) < 4.78 is 0. The molecule has 2 amide bonds. The average molecular weight is 258 g/mol. The van der Waals surface area contributed by atoms with Gasteiger partial charge in [-0.2, -0.15) is 0 Å². The van der Waals surface area contributed by atoms with E-state index in [2.05, 4.69) is 10.6 Å². The van der Waals surface area contributed by atoms with Gasteiger partial charge in [-0.1, -0.05) is 41.0 Å². The fraction of sp³-hybridized carbons (Fsp3) is 0.846. The zero-order valence-electron chi connectivity index (χ0n) is 12.0. The van der Waals surface area contributed by atoms with Crippen molar-refractivity contribution in [1.29, 1.82) is 0 Å². The van der Waals surface area contributed by atoms with Crippen LogP contribution in [-0.2, 0) is 4.79 Å². The fourth-order valence-corrected chi connectivity index (χ4v) is 1.77. The Labute approximate surface area is 109 Å². The summed E-state index contributed by atoms with van der Waals surface area (Å²) in [4.78, 5) is 22.8. The molecule has 0 saturated heterocycles. The van der Waals surface area contributed by atoms with E-state index in [0.29, 0.717) is 12.3 Å². The Kier molecular flexibility index (Phi) is 7.39. The molecule has 0 aromatic carbocycles. The minimum absolute atomic E-state index is 0.0661. The molecule has 0 aliphatic carbocycles. The Morgan fingerprint density at radius 2 is 1.61 bits per heavy atom. The van der Waals surface area contributed by atoms with Crippen LogP contribution in [0.25, 0.3) is 0 Å². The van der Waals surface area contributed by atoms with E-state index in [0.717, 1.165) is 6.42 Å². The third kappa shape index (κ3) is 5.38. The molecule has 0 saturated carbocycles. The highest BCUT2D eigenvalue weighted by atomic mass is 16.4. The second-order valence-electron chi connectivity index (χ2n) is 5.08. The summed E-state index contributed by atoms with van der Waals surface area (Å²) >= 11 is 0. The Balaban J connectivity index is 4.47. The summed E-state index contributed by atoms with van der Waals surface area (Å²) in [5.74, 6) is -0.753. The number of carbonyl (C=O) groups is 2. The smallest absolute Gasteiger partial charge is 0.326 e. The van der Waals surface area contributed by atoms with Gasteiger partial charge in [0.15, 0.2) is 0 Å². The highest BCUT2D eigenvalue weighted by molar-refractivity contribution is 5.82. The Bertz CT molecular complexity index is 279. The summed E-state index contributed by atoms with van der Waals surface area (Å²) in [5.41, 5.74) is 0. The molecular weight excluding hydrogens is 232 g/mol. The van der Waals surface area contributed by atoms with E-state index in [9.17, 15) is 9.59 Å². The maximum atomic E-state index is 11.8. The minimum atomic E-state index is -0.989. The second-order valence-corrected chi connectivity index (χ2v) is 5.08. The number of carboxylic acids is 1. The normalized spacial score (nSPS) is 15.9. The molecule has 0 rings (SSSR count). The topological polar surface area (TPSA) is 78.4 Å². The first-order valence-corrected chi connectivity index (χ1v) is 6.63. The number of nitrogens with one attached hydrogen (secondary N) is 2. The van der Waals surface area contributed by atoms with Crippen molar-refractivity contribution >= 4 is 12.0 Å². The number of rotatable bonds is 7. The van der Waals surface area contributed by atoms with Crippen LogP contribution in [0, 0.1) is 11.8 Å². The maximum absolute atomic E-state index is 11.8. The van der Waals surface area contributed by atoms with Crippen LogP contribution in [0.5, 0.6) is 0 Å². The van der Waals surface area contributed by atoms with Gasteiger partial charge in [0.25, 0.3) is 0 Å². The summed E-state index contributed by atoms with van der Waals surface area (Å²) in [6, 6.07) is -1.17. The molecular formula is C13H26N2O3. The van der Waals surface area contributed by atoms with E-state index in [-0.39, 0.29) is 12.0 Å². The summed E-state index contributed by atoms with van der Waals surface area (Å²) in [6.45, 7) is 9.77. The molecule has 3 atom stereocenters. The van der Waals surface area contributed by atoms with Crippen molar-refractivity contribution in [1.82, 2.24) is 10.6 Å². The third-order valence-corrected chi connectivity index (χ3v) is 3.33. The SMILES string of the molecule is CCC(NC(=O)N[C@H](C(=O)O)C(C)CC)C(C)C. The van der Waals surface area contributed by atoms with E-state index >= 15 is 0 Å². The average Bonchev–Trinajstić information content (AvgIpc) is 2.31. The van der Waals surface area contributed by atoms with Crippen LogP contribution >= 0.6 is 0 Å². The number of hydrogen-bond donors (Lipinski definition) is 3. The van der Waals surface area contributed by atoms with Crippen LogP contribution in [0.2, 0.25) is 0 Å². The highest BCUT2D eigenvalue weighted by Crippen LogP contribution is 2.09. The van der Waals surface area contributed by atoms with E-state index in [1.807, 2.05) is 34.6 Å². The molecule has 0 spiro atoms. The number of carbonyl (C=O) groups excluding carboxylic acids is 1. The number of amides is 2. The molecule has 0 fully saturated rings. The van der Waals surface area contributed by atoms with Crippen LogP contribution in [-0.4, -0.2) is 29.2 Å². The lowest BCUT2D eigenvalue weighted by Crippen LogP contribution is -2.52. The predicted molar refractivity (Wildman–Crippen MR) is 71.5 cm³/mol. The van der Waals surface area contributed by atoms with Gasteiger partial charge in [0.1, 0.15) is 6.04 Å². The van der Waals surface area contributed by atoms with Crippen molar-refractivity contribution in [3.63, 3.8) is 0 Å². The molecule has 0 heterocycles. The van der Waals surface area contributed by atoms with Gasteiger partial charge in [-0.05, 0) is 18.3 Å². The number of urea groups is 1. The van der Waals surface area contributed by atoms with Crippen molar-refractivity contribution in [2.24, 2.45) is 11.8 Å². The third-order valence-electron chi connectivity index (χ3n) is 3.33. The molecule has 3 N–H and O–H groups in total. The Morgan fingerprint density at radius 3 is 1.94 bits per heavy atom. The molecule has 0 aliphatic heterocycles. The first-order valence-electron chi connectivity index (χ1n) is 6.63. The molecule has 0 bridgehead atoms. The lowest BCUT2D eigenvalue weighted by molar-refractivity contribution is -0.140. The Hall–Kier alpha value is -1.26. The van der Waals surface area contributed by atoms with Gasteiger partial charge in [0, 0.05) is 6.04 Å². The molecule has 0 aromatic heterocycles. The number of carboxylic acid groups (broad SMARTS) is 1. The number of hydrogen-bond acceptors (Lipinski definition) is 2. The van der Waals surface area contributed by atoms with Crippen molar-refractivity contribution < 1.29 is 14.7 Å². The lowest BCUT2D eigenvalue weighted by atomic mass is 9.99. The largest absolute Gasteiger partial charge is 0.480 e. The van der Waals surface area contributed by atoms with Gasteiger partial charge < -0.3 is 15.7 Å². The first-order chi connectivity index (χ1) is 8.33. The lowest BCUT2D eigenvalue weighted by Gasteiger charge is -2.24. The van der Waals surface area contributed by atoms with Crippen molar-refractivity contribution in [3.8, 4) is 0 Å². The summed E-state index contributed by atoms with van der Waals surface area (Å²) in [5, 5.41) is 14.4. The minimum Gasteiger partial charge on any atom is -0.480 e.